The lowest BCUT2D eigenvalue weighted by Gasteiger charge is -2.06. The average Bonchev–Trinajstić information content (AvgIpc) is 2.27. The molecule has 0 unspecified atom stereocenters. The smallest absolute Gasteiger partial charge is 0.392 e. The highest BCUT2D eigenvalue weighted by molar-refractivity contribution is 5.45. The summed E-state index contributed by atoms with van der Waals surface area (Å²) in [4.78, 5) is 0. The van der Waals surface area contributed by atoms with Crippen molar-refractivity contribution in [1.29, 1.82) is 0 Å². The summed E-state index contributed by atoms with van der Waals surface area (Å²) in [5, 5.41) is 3.73. The van der Waals surface area contributed by atoms with Crippen LogP contribution < -0.4 is 10.5 Å². The summed E-state index contributed by atoms with van der Waals surface area (Å²) < 4.78 is 41.3. The van der Waals surface area contributed by atoms with Crippen molar-refractivity contribution in [1.82, 2.24) is 9.78 Å². The molecule has 1 aromatic heterocycles. The predicted molar refractivity (Wildman–Crippen MR) is 43.8 cm³/mol. The topological polar surface area (TPSA) is 53.1 Å². The standard InChI is InChI=1S/C7H10F3N3O/c1-13-4-5(11)6(12-13)14-3-2-7(8,9)10/h4H,2-3,11H2,1H3. The summed E-state index contributed by atoms with van der Waals surface area (Å²) in [5.41, 5.74) is 5.63. The molecule has 0 amide bonds. The Balaban J connectivity index is 2.42. The van der Waals surface area contributed by atoms with Crippen molar-refractivity contribution in [2.24, 2.45) is 7.05 Å². The second-order valence-electron chi connectivity index (χ2n) is 2.78. The molecule has 0 aliphatic rings. The molecular formula is C7H10F3N3O. The molecule has 1 aromatic rings. The largest absolute Gasteiger partial charge is 0.475 e. The van der Waals surface area contributed by atoms with Crippen molar-refractivity contribution in [3.05, 3.63) is 6.20 Å². The Morgan fingerprint density at radius 1 is 1.57 bits per heavy atom. The van der Waals surface area contributed by atoms with Crippen LogP contribution in [0, 0.1) is 0 Å². The van der Waals surface area contributed by atoms with Crippen LogP contribution in [0.1, 0.15) is 6.42 Å². The monoisotopic (exact) mass is 209 g/mol. The molecule has 7 heteroatoms. The fourth-order valence-electron chi connectivity index (χ4n) is 0.862. The minimum Gasteiger partial charge on any atom is -0.475 e. The quantitative estimate of drug-likeness (QED) is 0.817. The van der Waals surface area contributed by atoms with Crippen LogP contribution in [0.15, 0.2) is 6.20 Å². The predicted octanol–water partition coefficient (Wildman–Crippen LogP) is 1.33. The van der Waals surface area contributed by atoms with Crippen LogP contribution in [0.3, 0.4) is 0 Å². The Labute approximate surface area is 78.4 Å². The van der Waals surface area contributed by atoms with Gasteiger partial charge in [-0.2, -0.15) is 13.2 Å². The first kappa shape index (κ1) is 10.7. The van der Waals surface area contributed by atoms with Gasteiger partial charge in [-0.3, -0.25) is 4.68 Å². The van der Waals surface area contributed by atoms with E-state index in [4.69, 9.17) is 10.5 Å². The van der Waals surface area contributed by atoms with Gasteiger partial charge in [0, 0.05) is 7.05 Å². The van der Waals surface area contributed by atoms with Gasteiger partial charge in [-0.1, -0.05) is 0 Å². The number of ether oxygens (including phenoxy) is 1. The molecule has 0 saturated heterocycles. The van der Waals surface area contributed by atoms with E-state index in [9.17, 15) is 13.2 Å². The minimum absolute atomic E-state index is 0.0387. The Morgan fingerprint density at radius 2 is 2.21 bits per heavy atom. The summed E-state index contributed by atoms with van der Waals surface area (Å²) in [7, 11) is 1.60. The number of alkyl halides is 3. The van der Waals surface area contributed by atoms with E-state index in [0.29, 0.717) is 0 Å². The van der Waals surface area contributed by atoms with Gasteiger partial charge in [-0.15, -0.1) is 5.10 Å². The van der Waals surface area contributed by atoms with Crippen molar-refractivity contribution >= 4 is 5.69 Å². The second kappa shape index (κ2) is 3.77. The average molecular weight is 209 g/mol. The number of hydrogen-bond donors (Lipinski definition) is 1. The van der Waals surface area contributed by atoms with Crippen LogP contribution in [-0.4, -0.2) is 22.6 Å². The SMILES string of the molecule is Cn1cc(N)c(OCCC(F)(F)F)n1. The van der Waals surface area contributed by atoms with Gasteiger partial charge in [0.2, 0.25) is 0 Å². The molecule has 0 atom stereocenters. The van der Waals surface area contributed by atoms with Crippen LogP contribution in [0.2, 0.25) is 0 Å². The number of aromatic nitrogens is 2. The van der Waals surface area contributed by atoms with Gasteiger partial charge >= 0.3 is 6.18 Å². The third-order valence-electron chi connectivity index (χ3n) is 1.45. The van der Waals surface area contributed by atoms with Gasteiger partial charge in [0.15, 0.2) is 0 Å². The molecule has 1 heterocycles. The van der Waals surface area contributed by atoms with E-state index < -0.39 is 19.2 Å². The third-order valence-corrected chi connectivity index (χ3v) is 1.45. The summed E-state index contributed by atoms with van der Waals surface area (Å²) in [5.74, 6) is 0.0387. The van der Waals surface area contributed by atoms with Crippen LogP contribution in [0.5, 0.6) is 5.88 Å². The molecular weight excluding hydrogens is 199 g/mol. The maximum absolute atomic E-state index is 11.7. The molecule has 0 bridgehead atoms. The molecule has 80 valence electrons. The first-order chi connectivity index (χ1) is 6.38. The van der Waals surface area contributed by atoms with Gasteiger partial charge in [0.05, 0.1) is 19.2 Å². The maximum Gasteiger partial charge on any atom is 0.392 e. The molecule has 4 nitrogen and oxygen atoms in total. The maximum atomic E-state index is 11.7. The Kier molecular flexibility index (Phi) is 2.87. The van der Waals surface area contributed by atoms with Crippen molar-refractivity contribution < 1.29 is 17.9 Å². The van der Waals surface area contributed by atoms with Crippen LogP contribution in [0.25, 0.3) is 0 Å². The molecule has 0 aromatic carbocycles. The zero-order valence-corrected chi connectivity index (χ0v) is 7.51. The molecule has 0 aliphatic carbocycles. The van der Waals surface area contributed by atoms with Gasteiger partial charge in [0.1, 0.15) is 5.69 Å². The number of halogens is 3. The fraction of sp³-hybridized carbons (Fsp3) is 0.571. The van der Waals surface area contributed by atoms with E-state index in [1.54, 1.807) is 7.05 Å². The number of aryl methyl sites for hydroxylation is 1. The number of nitrogens with zero attached hydrogens (tertiary/aromatic N) is 2. The van der Waals surface area contributed by atoms with Gasteiger partial charge in [-0.05, 0) is 0 Å². The molecule has 0 fully saturated rings. The lowest BCUT2D eigenvalue weighted by Crippen LogP contribution is -2.13. The third kappa shape index (κ3) is 3.15. The minimum atomic E-state index is -4.22. The number of anilines is 1. The molecule has 0 spiro atoms. The van der Waals surface area contributed by atoms with Gasteiger partial charge in [0.25, 0.3) is 5.88 Å². The van der Waals surface area contributed by atoms with Crippen molar-refractivity contribution in [2.75, 3.05) is 12.3 Å². The van der Waals surface area contributed by atoms with E-state index >= 15 is 0 Å². The molecule has 2 N–H and O–H groups in total. The number of nitrogen functional groups attached to an aromatic ring is 1. The molecule has 14 heavy (non-hydrogen) atoms. The van der Waals surface area contributed by atoms with Crippen LogP contribution >= 0.6 is 0 Å². The van der Waals surface area contributed by atoms with Crippen molar-refractivity contribution in [3.63, 3.8) is 0 Å². The van der Waals surface area contributed by atoms with E-state index in [2.05, 4.69) is 5.10 Å². The fourth-order valence-corrected chi connectivity index (χ4v) is 0.862. The lowest BCUT2D eigenvalue weighted by atomic mass is 10.4. The Bertz CT molecular complexity index is 308. The zero-order valence-electron chi connectivity index (χ0n) is 7.51. The van der Waals surface area contributed by atoms with Crippen molar-refractivity contribution in [3.8, 4) is 5.88 Å². The highest BCUT2D eigenvalue weighted by atomic mass is 19.4. The molecule has 0 radical (unpaired) electrons. The van der Waals surface area contributed by atoms with Gasteiger partial charge < -0.3 is 10.5 Å². The second-order valence-corrected chi connectivity index (χ2v) is 2.78. The summed E-state index contributed by atoms with van der Waals surface area (Å²) in [6.45, 7) is -0.468. The van der Waals surface area contributed by atoms with E-state index in [1.807, 2.05) is 0 Å². The summed E-state index contributed by atoms with van der Waals surface area (Å²) >= 11 is 0. The van der Waals surface area contributed by atoms with Crippen LogP contribution in [0.4, 0.5) is 18.9 Å². The number of nitrogens with two attached hydrogens (primary N) is 1. The van der Waals surface area contributed by atoms with Gasteiger partial charge in [-0.25, -0.2) is 0 Å². The Hall–Kier alpha value is -1.40. The summed E-state index contributed by atoms with van der Waals surface area (Å²) in [6, 6.07) is 0. The highest BCUT2D eigenvalue weighted by Crippen LogP contribution is 2.22. The highest BCUT2D eigenvalue weighted by Gasteiger charge is 2.27. The van der Waals surface area contributed by atoms with E-state index in [-0.39, 0.29) is 11.6 Å². The van der Waals surface area contributed by atoms with E-state index in [1.165, 1.54) is 10.9 Å². The van der Waals surface area contributed by atoms with Crippen LogP contribution in [-0.2, 0) is 7.05 Å². The molecule has 0 aliphatic heterocycles. The van der Waals surface area contributed by atoms with E-state index in [0.717, 1.165) is 0 Å². The first-order valence-corrected chi connectivity index (χ1v) is 3.87. The zero-order chi connectivity index (χ0) is 10.8. The normalized spacial score (nSPS) is 11.7. The molecule has 0 saturated carbocycles. The summed E-state index contributed by atoms with van der Waals surface area (Å²) in [6.07, 6.45) is -3.77. The first-order valence-electron chi connectivity index (χ1n) is 3.87. The molecule has 1 rings (SSSR count). The Morgan fingerprint density at radius 3 is 2.64 bits per heavy atom. The number of hydrogen-bond acceptors (Lipinski definition) is 3. The lowest BCUT2D eigenvalue weighted by molar-refractivity contribution is -0.139. The van der Waals surface area contributed by atoms with Crippen molar-refractivity contribution in [2.45, 2.75) is 12.6 Å². The number of rotatable bonds is 3.